The van der Waals surface area contributed by atoms with E-state index in [2.05, 4.69) is 4.98 Å². The molecule has 4 rings (SSSR count). The van der Waals surface area contributed by atoms with Crippen molar-refractivity contribution in [3.8, 4) is 11.1 Å². The first-order valence-electron chi connectivity index (χ1n) is 8.01. The zero-order chi connectivity index (χ0) is 18.3. The van der Waals surface area contributed by atoms with Crippen molar-refractivity contribution in [2.24, 2.45) is 0 Å². The third kappa shape index (κ3) is 2.93. The summed E-state index contributed by atoms with van der Waals surface area (Å²) in [5.41, 5.74) is 3.46. The third-order valence-corrected chi connectivity index (χ3v) is 7.06. The molecule has 4 nitrogen and oxygen atoms in total. The van der Waals surface area contributed by atoms with E-state index in [1.807, 2.05) is 72.0 Å². The minimum atomic E-state index is -3.70. The molecule has 0 aliphatic rings. The van der Waals surface area contributed by atoms with E-state index in [1.54, 1.807) is 30.5 Å². The average molecular weight is 474 g/mol. The van der Waals surface area contributed by atoms with Crippen LogP contribution >= 0.6 is 22.6 Å². The number of aryl methyl sites for hydroxylation is 1. The van der Waals surface area contributed by atoms with Gasteiger partial charge in [-0.2, -0.15) is 0 Å². The number of aromatic nitrogens is 2. The molecule has 0 aliphatic carbocycles. The molecule has 0 aliphatic heterocycles. The van der Waals surface area contributed by atoms with Crippen molar-refractivity contribution in [3.05, 3.63) is 82.2 Å². The van der Waals surface area contributed by atoms with Crippen molar-refractivity contribution in [3.63, 3.8) is 0 Å². The molecule has 2 heterocycles. The Bertz CT molecular complexity index is 1200. The first-order valence-corrected chi connectivity index (χ1v) is 10.5. The second-order valence-corrected chi connectivity index (χ2v) is 8.94. The number of rotatable bonds is 3. The molecule has 0 spiro atoms. The first kappa shape index (κ1) is 17.2. The molecule has 26 heavy (non-hydrogen) atoms. The van der Waals surface area contributed by atoms with E-state index in [-0.39, 0.29) is 4.90 Å². The van der Waals surface area contributed by atoms with Crippen LogP contribution in [0.5, 0.6) is 0 Å². The summed E-state index contributed by atoms with van der Waals surface area (Å²) in [6, 6.07) is 20.6. The highest BCUT2D eigenvalue weighted by Gasteiger charge is 2.23. The minimum Gasteiger partial charge on any atom is -0.237 e. The summed E-state index contributed by atoms with van der Waals surface area (Å²) in [5, 5.41) is 0.798. The lowest BCUT2D eigenvalue weighted by molar-refractivity contribution is 0.588. The summed E-state index contributed by atoms with van der Waals surface area (Å²) in [5.74, 6) is 0. The fourth-order valence-corrected chi connectivity index (χ4v) is 5.57. The van der Waals surface area contributed by atoms with Gasteiger partial charge in [0.15, 0.2) is 5.65 Å². The smallest absolute Gasteiger partial charge is 0.237 e. The summed E-state index contributed by atoms with van der Waals surface area (Å²) < 4.78 is 28.1. The monoisotopic (exact) mass is 474 g/mol. The second-order valence-electron chi connectivity index (χ2n) is 6.05. The molecule has 2 aromatic carbocycles. The van der Waals surface area contributed by atoms with Gasteiger partial charge in [-0.05, 0) is 59.3 Å². The standard InChI is InChI=1S/C20H15IN2O2S/c1-14-7-9-18(10-8-14)26(24,25)23-19(21)12-16-11-17(13-22-20(16)23)15-5-3-2-4-6-15/h2-13H,1H3. The van der Waals surface area contributed by atoms with Crippen LogP contribution in [0.4, 0.5) is 0 Å². The fraction of sp³-hybridized carbons (Fsp3) is 0.0500. The molecule has 0 N–H and O–H groups in total. The van der Waals surface area contributed by atoms with Crippen LogP contribution in [0, 0.1) is 10.6 Å². The summed E-state index contributed by atoms with van der Waals surface area (Å²) in [7, 11) is -3.70. The zero-order valence-electron chi connectivity index (χ0n) is 13.9. The van der Waals surface area contributed by atoms with E-state index in [4.69, 9.17) is 0 Å². The van der Waals surface area contributed by atoms with E-state index in [0.29, 0.717) is 9.35 Å². The lowest BCUT2D eigenvalue weighted by atomic mass is 10.1. The van der Waals surface area contributed by atoms with Crippen molar-refractivity contribution in [1.29, 1.82) is 0 Å². The van der Waals surface area contributed by atoms with Crippen molar-refractivity contribution < 1.29 is 8.42 Å². The predicted octanol–water partition coefficient (Wildman–Crippen LogP) is 4.85. The number of hydrogen-bond donors (Lipinski definition) is 0. The van der Waals surface area contributed by atoms with Gasteiger partial charge in [-0.1, -0.05) is 48.0 Å². The topological polar surface area (TPSA) is 52.0 Å². The molecule has 2 aromatic heterocycles. The molecule has 0 unspecified atom stereocenters. The maximum atomic E-state index is 13.1. The van der Waals surface area contributed by atoms with Crippen LogP contribution in [-0.4, -0.2) is 17.4 Å². The van der Waals surface area contributed by atoms with Crippen LogP contribution in [0.15, 0.2) is 77.8 Å². The van der Waals surface area contributed by atoms with Gasteiger partial charge in [0.2, 0.25) is 0 Å². The van der Waals surface area contributed by atoms with Crippen molar-refractivity contribution in [2.75, 3.05) is 0 Å². The van der Waals surface area contributed by atoms with Gasteiger partial charge < -0.3 is 0 Å². The van der Waals surface area contributed by atoms with Crippen molar-refractivity contribution in [1.82, 2.24) is 8.96 Å². The molecular weight excluding hydrogens is 459 g/mol. The van der Waals surface area contributed by atoms with E-state index in [9.17, 15) is 8.42 Å². The van der Waals surface area contributed by atoms with Crippen LogP contribution in [0.2, 0.25) is 0 Å². The lowest BCUT2D eigenvalue weighted by Gasteiger charge is -2.09. The van der Waals surface area contributed by atoms with Crippen molar-refractivity contribution in [2.45, 2.75) is 11.8 Å². The number of hydrogen-bond acceptors (Lipinski definition) is 3. The molecule has 0 fully saturated rings. The predicted molar refractivity (Wildman–Crippen MR) is 112 cm³/mol. The Kier molecular flexibility index (Phi) is 4.32. The molecule has 6 heteroatoms. The number of pyridine rings is 1. The summed E-state index contributed by atoms with van der Waals surface area (Å²) in [6.07, 6.45) is 1.72. The van der Waals surface area contributed by atoms with Crippen LogP contribution in [-0.2, 0) is 10.0 Å². The number of benzene rings is 2. The molecular formula is C20H15IN2O2S. The Balaban J connectivity index is 1.89. The molecule has 0 radical (unpaired) electrons. The van der Waals surface area contributed by atoms with E-state index in [1.165, 1.54) is 3.97 Å². The van der Waals surface area contributed by atoms with Gasteiger partial charge >= 0.3 is 0 Å². The Morgan fingerprint density at radius 2 is 1.62 bits per heavy atom. The van der Waals surface area contributed by atoms with Crippen LogP contribution in [0.1, 0.15) is 5.56 Å². The third-order valence-electron chi connectivity index (χ3n) is 4.22. The molecule has 130 valence electrons. The Hall–Kier alpha value is -2.19. The summed E-state index contributed by atoms with van der Waals surface area (Å²) in [6.45, 7) is 1.93. The van der Waals surface area contributed by atoms with Gasteiger partial charge in [-0.3, -0.25) is 0 Å². The number of halogens is 1. The maximum absolute atomic E-state index is 13.1. The summed E-state index contributed by atoms with van der Waals surface area (Å²) >= 11 is 2.04. The Labute approximate surface area is 165 Å². The van der Waals surface area contributed by atoms with Gasteiger partial charge in [0.05, 0.1) is 8.60 Å². The maximum Gasteiger partial charge on any atom is 0.270 e. The Morgan fingerprint density at radius 1 is 0.923 bits per heavy atom. The van der Waals surface area contributed by atoms with Gasteiger partial charge in [-0.25, -0.2) is 17.4 Å². The molecule has 0 saturated carbocycles. The van der Waals surface area contributed by atoms with Crippen LogP contribution in [0.25, 0.3) is 22.2 Å². The minimum absolute atomic E-state index is 0.257. The molecule has 4 aromatic rings. The average Bonchev–Trinajstić information content (AvgIpc) is 2.98. The second kappa shape index (κ2) is 6.51. The molecule has 0 amide bonds. The SMILES string of the molecule is Cc1ccc(S(=O)(=O)n2c(I)cc3cc(-c4ccccc4)cnc32)cc1. The molecule has 0 bridgehead atoms. The highest BCUT2D eigenvalue weighted by atomic mass is 127. The first-order chi connectivity index (χ1) is 12.5. The zero-order valence-corrected chi connectivity index (χ0v) is 16.9. The summed E-state index contributed by atoms with van der Waals surface area (Å²) in [4.78, 5) is 4.72. The quantitative estimate of drug-likeness (QED) is 0.399. The largest absolute Gasteiger partial charge is 0.270 e. The van der Waals surface area contributed by atoms with E-state index >= 15 is 0 Å². The Morgan fingerprint density at radius 3 is 2.31 bits per heavy atom. The fourth-order valence-electron chi connectivity index (χ4n) is 2.87. The van der Waals surface area contributed by atoms with Gasteiger partial charge in [-0.15, -0.1) is 0 Å². The van der Waals surface area contributed by atoms with Gasteiger partial charge in [0.1, 0.15) is 0 Å². The van der Waals surface area contributed by atoms with Crippen LogP contribution < -0.4 is 0 Å². The molecule has 0 atom stereocenters. The highest BCUT2D eigenvalue weighted by molar-refractivity contribution is 14.1. The lowest BCUT2D eigenvalue weighted by Crippen LogP contribution is -2.14. The van der Waals surface area contributed by atoms with E-state index < -0.39 is 10.0 Å². The number of fused-ring (bicyclic) bond motifs is 1. The highest BCUT2D eigenvalue weighted by Crippen LogP contribution is 2.29. The normalized spacial score (nSPS) is 11.8. The van der Waals surface area contributed by atoms with Crippen LogP contribution in [0.3, 0.4) is 0 Å². The number of nitrogens with zero attached hydrogens (tertiary/aromatic N) is 2. The van der Waals surface area contributed by atoms with Crippen molar-refractivity contribution >= 4 is 43.6 Å². The van der Waals surface area contributed by atoms with Gasteiger partial charge in [0, 0.05) is 17.1 Å². The van der Waals surface area contributed by atoms with E-state index in [0.717, 1.165) is 22.1 Å². The molecule has 0 saturated heterocycles. The van der Waals surface area contributed by atoms with Gasteiger partial charge in [0.25, 0.3) is 10.0 Å².